The Morgan fingerprint density at radius 1 is 1.14 bits per heavy atom. The van der Waals surface area contributed by atoms with Gasteiger partial charge in [-0.2, -0.15) is 0 Å². The van der Waals surface area contributed by atoms with Crippen LogP contribution >= 0.6 is 0 Å². The Bertz CT molecular complexity index is 35.9. The van der Waals surface area contributed by atoms with E-state index in [0.29, 0.717) is 0 Å². The summed E-state index contributed by atoms with van der Waals surface area (Å²) < 4.78 is 0. The summed E-state index contributed by atoms with van der Waals surface area (Å²) in [6.07, 6.45) is -1.83. The minimum absolute atomic E-state index is 0. The van der Waals surface area contributed by atoms with E-state index in [9.17, 15) is 0 Å². The monoisotopic (exact) mass is 162 g/mol. The van der Waals surface area contributed by atoms with Gasteiger partial charge in [0.25, 0.3) is 0 Å². The van der Waals surface area contributed by atoms with Crippen LogP contribution in [0.25, 0.3) is 0 Å². The van der Waals surface area contributed by atoms with Crippen molar-refractivity contribution in [3.8, 4) is 0 Å². The van der Waals surface area contributed by atoms with Gasteiger partial charge in [0.2, 0.25) is 0 Å². The van der Waals surface area contributed by atoms with E-state index in [1.165, 1.54) is 0 Å². The van der Waals surface area contributed by atoms with Crippen LogP contribution in [0.3, 0.4) is 0 Å². The van der Waals surface area contributed by atoms with Crippen molar-refractivity contribution >= 4 is 109 Å². The molecule has 7 heavy (non-hydrogen) atoms. The first-order chi connectivity index (χ1) is 1.73. The topological polar surface area (TPSA) is 57.5 Å². The van der Waals surface area contributed by atoms with Crippen LogP contribution in [0, 0.1) is 0 Å². The Morgan fingerprint density at radius 2 is 1.14 bits per heavy atom. The summed E-state index contributed by atoms with van der Waals surface area (Å²) >= 11 is 0. The molecule has 36 valence electrons. The molecule has 0 amide bonds. The molecule has 2 N–H and O–H groups in total. The fourth-order valence-corrected chi connectivity index (χ4v) is 0. The van der Waals surface area contributed by atoms with Crippen LogP contribution in [0.4, 0.5) is 9.50 Å². The molecule has 0 aliphatic heterocycles. The van der Waals surface area contributed by atoms with Gasteiger partial charge in [-0.05, 0) is 0 Å². The van der Waals surface area contributed by atoms with E-state index in [2.05, 4.69) is 0 Å². The molecule has 0 unspecified atom stereocenters. The molecule has 0 aliphatic carbocycles. The summed E-state index contributed by atoms with van der Waals surface area (Å²) in [6.45, 7) is 0. The molecular formula is CH5FK2O3. The van der Waals surface area contributed by atoms with E-state index in [-0.39, 0.29) is 107 Å². The molecule has 0 aromatic carbocycles. The minimum atomic E-state index is -1.83. The number of carbonyl (C=O) groups is 1. The van der Waals surface area contributed by atoms with Gasteiger partial charge in [0.1, 0.15) is 0 Å². The van der Waals surface area contributed by atoms with Crippen molar-refractivity contribution in [1.29, 1.82) is 0 Å². The molecule has 0 spiro atoms. The van der Waals surface area contributed by atoms with Crippen LogP contribution in [0.2, 0.25) is 0 Å². The van der Waals surface area contributed by atoms with Crippen molar-refractivity contribution in [1.82, 2.24) is 0 Å². The van der Waals surface area contributed by atoms with Crippen LogP contribution in [-0.2, 0) is 0 Å². The van der Waals surface area contributed by atoms with Crippen LogP contribution in [0.1, 0.15) is 0 Å². The Morgan fingerprint density at radius 3 is 1.14 bits per heavy atom. The maximum absolute atomic E-state index is 8.56. The molecule has 6 heteroatoms. The van der Waals surface area contributed by atoms with Gasteiger partial charge in [-0.3, -0.25) is 4.70 Å². The molecule has 0 atom stereocenters. The second kappa shape index (κ2) is 15.8. The third-order valence-electron chi connectivity index (χ3n) is 0. The molecule has 0 aliphatic rings. The summed E-state index contributed by atoms with van der Waals surface area (Å²) in [5, 5.41) is 13.9. The molecule has 3 nitrogen and oxygen atoms in total. The van der Waals surface area contributed by atoms with Gasteiger partial charge in [-0.1, -0.05) is 0 Å². The Kier molecular flexibility index (Phi) is 51.2. The van der Waals surface area contributed by atoms with Crippen molar-refractivity contribution in [3.63, 3.8) is 0 Å². The molecule has 0 aromatic heterocycles. The fraction of sp³-hybridized carbons (Fsp3) is 0. The standard InChI is InChI=1S/CH2O3.FH.2K.2H/c2-1(3)4;;;;;/h(H2,2,3,4);1H;;;;. The zero-order valence-corrected chi connectivity index (χ0v) is 2.21. The van der Waals surface area contributed by atoms with Crippen LogP contribution < -0.4 is 0 Å². The third kappa shape index (κ3) is 58.1. The van der Waals surface area contributed by atoms with Gasteiger partial charge in [0.15, 0.2) is 0 Å². The van der Waals surface area contributed by atoms with Crippen molar-refractivity contribution < 1.29 is 19.7 Å². The average molecular weight is 162 g/mol. The fourth-order valence-electron chi connectivity index (χ4n) is 0. The van der Waals surface area contributed by atoms with Crippen LogP contribution in [0.15, 0.2) is 0 Å². The van der Waals surface area contributed by atoms with E-state index in [1.54, 1.807) is 0 Å². The first kappa shape index (κ1) is 22.7. The molecule has 0 bridgehead atoms. The molecule has 0 rings (SSSR count). The first-order valence-corrected chi connectivity index (χ1v) is 0.651. The van der Waals surface area contributed by atoms with E-state index in [4.69, 9.17) is 15.0 Å². The van der Waals surface area contributed by atoms with Crippen molar-refractivity contribution in [2.75, 3.05) is 0 Å². The summed E-state index contributed by atoms with van der Waals surface area (Å²) in [4.78, 5) is 8.56. The van der Waals surface area contributed by atoms with Crippen LogP contribution in [0.5, 0.6) is 0 Å². The maximum atomic E-state index is 8.56. The Hall–Kier alpha value is 2.47. The first-order valence-electron chi connectivity index (χ1n) is 0.651. The number of hydrogen-bond donors (Lipinski definition) is 2. The molecule has 0 saturated heterocycles. The Labute approximate surface area is 125 Å². The van der Waals surface area contributed by atoms with Gasteiger partial charge in [-0.15, -0.1) is 0 Å². The van der Waals surface area contributed by atoms with Crippen molar-refractivity contribution in [3.05, 3.63) is 0 Å². The van der Waals surface area contributed by atoms with Crippen molar-refractivity contribution in [2.24, 2.45) is 0 Å². The molecule has 0 radical (unpaired) electrons. The molecule has 0 heterocycles. The predicted octanol–water partition coefficient (Wildman–Crippen LogP) is -0.922. The number of rotatable bonds is 0. The normalized spacial score (nSPS) is 3.43. The third-order valence-corrected chi connectivity index (χ3v) is 0. The van der Waals surface area contributed by atoms with Gasteiger partial charge in [0.05, 0.1) is 0 Å². The molecular weight excluding hydrogens is 157 g/mol. The van der Waals surface area contributed by atoms with Crippen molar-refractivity contribution in [2.45, 2.75) is 0 Å². The average Bonchev–Trinajstić information content (AvgIpc) is 0.811. The zero-order chi connectivity index (χ0) is 3.58. The Balaban J connectivity index is -0.0000000150. The molecule has 0 saturated carbocycles. The molecule has 0 fully saturated rings. The summed E-state index contributed by atoms with van der Waals surface area (Å²) in [5.74, 6) is 0. The van der Waals surface area contributed by atoms with E-state index in [1.807, 2.05) is 0 Å². The summed E-state index contributed by atoms with van der Waals surface area (Å²) in [7, 11) is 0. The number of hydrogen-bond acceptors (Lipinski definition) is 1. The zero-order valence-electron chi connectivity index (χ0n) is 2.21. The molecule has 0 aromatic rings. The number of halogens is 1. The quantitative estimate of drug-likeness (QED) is 0.453. The van der Waals surface area contributed by atoms with Gasteiger partial charge < -0.3 is 10.2 Å². The van der Waals surface area contributed by atoms with Gasteiger partial charge in [-0.25, -0.2) is 4.79 Å². The SMILES string of the molecule is F.O=C(O)O.[KH].[KH]. The van der Waals surface area contributed by atoms with E-state index in [0.717, 1.165) is 0 Å². The summed E-state index contributed by atoms with van der Waals surface area (Å²) in [6, 6.07) is 0. The van der Waals surface area contributed by atoms with E-state index < -0.39 is 6.16 Å². The predicted molar refractivity (Wildman–Crippen MR) is 27.5 cm³/mol. The van der Waals surface area contributed by atoms with E-state index >= 15 is 0 Å². The van der Waals surface area contributed by atoms with Gasteiger partial charge >= 0.3 is 109 Å². The number of carboxylic acid groups (broad SMARTS) is 2. The summed E-state index contributed by atoms with van der Waals surface area (Å²) in [5.41, 5.74) is 0. The second-order valence-corrected chi connectivity index (χ2v) is 0.283. The van der Waals surface area contributed by atoms with Crippen LogP contribution in [-0.4, -0.2) is 119 Å². The van der Waals surface area contributed by atoms with Gasteiger partial charge in [0, 0.05) is 0 Å². The second-order valence-electron chi connectivity index (χ2n) is 0.283.